The van der Waals surface area contributed by atoms with E-state index in [9.17, 15) is 0 Å². The van der Waals surface area contributed by atoms with Gasteiger partial charge in [-0.2, -0.15) is 9.13 Å². The van der Waals surface area contributed by atoms with Crippen LogP contribution in [0.2, 0.25) is 0 Å². The summed E-state index contributed by atoms with van der Waals surface area (Å²) in [6.07, 6.45) is 4.50. The molecule has 9 heterocycles. The molecule has 0 bridgehead atoms. The van der Waals surface area contributed by atoms with E-state index in [0.717, 1.165) is 0 Å². The maximum atomic E-state index is 2.63. The molecule has 0 amide bonds. The Kier molecular flexibility index (Phi) is 3.95. The van der Waals surface area contributed by atoms with Crippen LogP contribution in [0.1, 0.15) is 22.5 Å². The van der Waals surface area contributed by atoms with Crippen molar-refractivity contribution >= 4 is 49.1 Å². The first-order valence-electron chi connectivity index (χ1n) is 17.1. The largest absolute Gasteiger partial charge is 0.394 e. The Balaban J connectivity index is 1.35. The van der Waals surface area contributed by atoms with E-state index in [4.69, 9.17) is 0 Å². The van der Waals surface area contributed by atoms with Crippen molar-refractivity contribution in [2.45, 2.75) is 19.5 Å². The number of para-hydroxylation sites is 2. The Morgan fingerprint density at radius 2 is 1.31 bits per heavy atom. The molecule has 0 saturated carbocycles. The zero-order valence-electron chi connectivity index (χ0n) is 26.9. The third-order valence-electron chi connectivity index (χ3n) is 11.9. The molecule has 1 unspecified atom stereocenters. The third kappa shape index (κ3) is 2.41. The predicted molar refractivity (Wildman–Crippen MR) is 192 cm³/mol. The average molecular weight is 629 g/mol. The van der Waals surface area contributed by atoms with Crippen LogP contribution in [-0.2, 0) is 5.66 Å². The Morgan fingerprint density at radius 3 is 2.14 bits per heavy atom. The molecule has 4 aromatic carbocycles. The summed E-state index contributed by atoms with van der Waals surface area (Å²) in [5.74, 6) is 1.17. The number of hydrogen-bond donors (Lipinski definition) is 0. The van der Waals surface area contributed by atoms with E-state index in [2.05, 4.69) is 175 Å². The molecule has 13 rings (SSSR count). The molecule has 3 aliphatic heterocycles. The quantitative estimate of drug-likeness (QED) is 0.165. The predicted octanol–water partition coefficient (Wildman–Crippen LogP) is 8.02. The molecule has 0 N–H and O–H groups in total. The van der Waals surface area contributed by atoms with Crippen LogP contribution < -0.4 is 9.25 Å². The van der Waals surface area contributed by atoms with Gasteiger partial charge in [0.2, 0.25) is 5.69 Å². The van der Waals surface area contributed by atoms with Gasteiger partial charge in [-0.15, -0.1) is 4.68 Å². The van der Waals surface area contributed by atoms with Gasteiger partial charge in [-0.3, -0.25) is 0 Å². The first-order chi connectivity index (χ1) is 24.2. The molecule has 0 fully saturated rings. The van der Waals surface area contributed by atoms with Crippen LogP contribution in [0.4, 0.5) is 0 Å². The molecule has 0 radical (unpaired) electrons. The minimum Gasteiger partial charge on any atom is -0.316 e. The fraction of sp³-hybridized carbons (Fsp3) is 0.0698. The van der Waals surface area contributed by atoms with Crippen molar-refractivity contribution in [1.29, 1.82) is 0 Å². The minimum atomic E-state index is -0.671. The Morgan fingerprint density at radius 1 is 0.592 bits per heavy atom. The molecule has 49 heavy (non-hydrogen) atoms. The molecule has 6 heteroatoms. The summed E-state index contributed by atoms with van der Waals surface area (Å²) in [7, 11) is 0. The first kappa shape index (κ1) is 24.7. The topological polar surface area (TPSA) is 27.0 Å². The van der Waals surface area contributed by atoms with Crippen LogP contribution in [0.15, 0.2) is 134 Å². The summed E-state index contributed by atoms with van der Waals surface area (Å²) >= 11 is 0. The molecule has 1 spiro atoms. The maximum Gasteiger partial charge on any atom is 0.394 e. The van der Waals surface area contributed by atoms with Crippen molar-refractivity contribution < 1.29 is 9.25 Å². The van der Waals surface area contributed by atoms with Crippen molar-refractivity contribution in [3.63, 3.8) is 0 Å². The molecule has 228 valence electrons. The Labute approximate surface area is 280 Å². The van der Waals surface area contributed by atoms with Crippen molar-refractivity contribution in [3.05, 3.63) is 156 Å². The van der Waals surface area contributed by atoms with Crippen molar-refractivity contribution in [1.82, 2.24) is 18.2 Å². The summed E-state index contributed by atoms with van der Waals surface area (Å²) in [5.41, 5.74) is 15.7. The molecule has 3 aliphatic rings. The number of benzene rings is 4. The second-order valence-electron chi connectivity index (χ2n) is 13.9. The second-order valence-corrected chi connectivity index (χ2v) is 13.9. The summed E-state index contributed by atoms with van der Waals surface area (Å²) < 4.78 is 15.1. The maximum absolute atomic E-state index is 2.63. The van der Waals surface area contributed by atoms with Gasteiger partial charge >= 0.3 is 5.66 Å². The van der Waals surface area contributed by atoms with Crippen LogP contribution >= 0.6 is 0 Å². The fourth-order valence-electron chi connectivity index (χ4n) is 10.3. The van der Waals surface area contributed by atoms with E-state index >= 15 is 0 Å². The van der Waals surface area contributed by atoms with Gasteiger partial charge in [-0.05, 0) is 73.7 Å². The highest BCUT2D eigenvalue weighted by atomic mass is 15.6. The van der Waals surface area contributed by atoms with E-state index in [1.165, 1.54) is 100 Å². The molecule has 0 aliphatic carbocycles. The van der Waals surface area contributed by atoms with Crippen LogP contribution in [-0.4, -0.2) is 18.2 Å². The molecule has 10 aromatic rings. The lowest BCUT2D eigenvalue weighted by Gasteiger charge is -2.33. The number of nitrogens with zero attached hydrogens (tertiary/aromatic N) is 6. The number of pyridine rings is 2. The zero-order chi connectivity index (χ0) is 31.9. The first-order valence-corrected chi connectivity index (χ1v) is 17.1. The highest BCUT2D eigenvalue weighted by Crippen LogP contribution is 2.55. The van der Waals surface area contributed by atoms with Gasteiger partial charge in [0.05, 0.1) is 39.9 Å². The number of hydrogen-bond acceptors (Lipinski definition) is 0. The number of aromatic nitrogens is 6. The van der Waals surface area contributed by atoms with Crippen molar-refractivity contribution in [2.24, 2.45) is 0 Å². The summed E-state index contributed by atoms with van der Waals surface area (Å²) in [6, 6.07) is 44.9. The van der Waals surface area contributed by atoms with Crippen LogP contribution in [0.5, 0.6) is 0 Å². The molecular weight excluding hydrogens is 601 g/mol. The van der Waals surface area contributed by atoms with Gasteiger partial charge < -0.3 is 8.97 Å². The van der Waals surface area contributed by atoms with Gasteiger partial charge in [0, 0.05) is 46.2 Å². The monoisotopic (exact) mass is 628 g/mol. The van der Waals surface area contributed by atoms with Crippen LogP contribution in [0, 0.1) is 13.8 Å². The van der Waals surface area contributed by atoms with Gasteiger partial charge in [-0.25, -0.2) is 0 Å². The standard InChI is InChI=1S/C43H28N6/c1-25-38(34-21-20-27-12-7-9-22-44(27)34)26(2)49-43-39-35(17-11-18-36(39)48(25)49)46-32-15-5-3-13-28(32)30-24-31-29-14-4-6-16-33(29)47(42(31)40(43)41(30)46)37-19-8-10-23-45(37)43/h3-24H,1-2H3/q+2. The van der Waals surface area contributed by atoms with E-state index in [1.54, 1.807) is 0 Å². The lowest BCUT2D eigenvalue weighted by atomic mass is 9.82. The minimum absolute atomic E-state index is 0.671. The van der Waals surface area contributed by atoms with Gasteiger partial charge in [0.25, 0.3) is 5.82 Å². The lowest BCUT2D eigenvalue weighted by molar-refractivity contribution is -0.995. The summed E-state index contributed by atoms with van der Waals surface area (Å²) in [6.45, 7) is 4.63. The van der Waals surface area contributed by atoms with Gasteiger partial charge in [0.15, 0.2) is 5.52 Å². The highest BCUT2D eigenvalue weighted by Gasteiger charge is 2.69. The summed E-state index contributed by atoms with van der Waals surface area (Å²) in [5, 5.41) is 5.17. The van der Waals surface area contributed by atoms with E-state index in [-0.39, 0.29) is 0 Å². The second kappa shape index (κ2) is 7.83. The SMILES string of the molecule is Cc1c(-c2ccc3ccccn23)c(C)[n+]2n1-c1cccc3c1C21c2c4c(cc5c6ccccc6n(c25)-c2cccc[n+]21)c1ccccc1n4-3. The van der Waals surface area contributed by atoms with Gasteiger partial charge in [-0.1, -0.05) is 53.2 Å². The molecule has 1 atom stereocenters. The normalized spacial score (nSPS) is 16.4. The average Bonchev–Trinajstić information content (AvgIpc) is 3.93. The van der Waals surface area contributed by atoms with Crippen LogP contribution in [0.25, 0.3) is 77.6 Å². The Hall–Kier alpha value is -6.40. The zero-order valence-corrected chi connectivity index (χ0v) is 26.9. The van der Waals surface area contributed by atoms with E-state index in [1.807, 2.05) is 0 Å². The van der Waals surface area contributed by atoms with E-state index in [0.29, 0.717) is 0 Å². The molecule has 6 aromatic heterocycles. The summed E-state index contributed by atoms with van der Waals surface area (Å²) in [4.78, 5) is 0. The lowest BCUT2D eigenvalue weighted by Crippen LogP contribution is -2.77. The number of fused-ring (bicyclic) bond motifs is 12. The van der Waals surface area contributed by atoms with Crippen LogP contribution in [0.3, 0.4) is 0 Å². The van der Waals surface area contributed by atoms with E-state index < -0.39 is 5.66 Å². The van der Waals surface area contributed by atoms with Gasteiger partial charge in [0.1, 0.15) is 22.3 Å². The third-order valence-corrected chi connectivity index (χ3v) is 11.9. The fourth-order valence-corrected chi connectivity index (χ4v) is 10.3. The molecular formula is C43H28N6+2. The molecule has 0 saturated heterocycles. The number of rotatable bonds is 1. The van der Waals surface area contributed by atoms with Crippen molar-refractivity contribution in [3.8, 4) is 28.5 Å². The smallest absolute Gasteiger partial charge is 0.316 e. The highest BCUT2D eigenvalue weighted by molar-refractivity contribution is 6.22. The van der Waals surface area contributed by atoms with Crippen molar-refractivity contribution in [2.75, 3.05) is 0 Å². The Bertz CT molecular complexity index is 3160. The molecule has 6 nitrogen and oxygen atoms in total.